The molecule has 5 aromatic rings. The van der Waals surface area contributed by atoms with Crippen LogP contribution in [-0.4, -0.2) is 11.3 Å². The van der Waals surface area contributed by atoms with Crippen molar-refractivity contribution >= 4 is 50.6 Å². The Hall–Kier alpha value is -3.77. The zero-order valence-corrected chi connectivity index (χ0v) is 19.8. The molecule has 1 aromatic heterocycles. The van der Waals surface area contributed by atoms with E-state index in [0.29, 0.717) is 0 Å². The molecule has 0 aliphatic carbocycles. The van der Waals surface area contributed by atoms with Crippen LogP contribution in [0.5, 0.6) is 0 Å². The van der Waals surface area contributed by atoms with Crippen molar-refractivity contribution in [2.45, 2.75) is 38.5 Å². The summed E-state index contributed by atoms with van der Waals surface area (Å²) in [5, 5.41) is 2.44. The van der Waals surface area contributed by atoms with Gasteiger partial charge < -0.3 is 4.57 Å². The SMILES string of the molecule is [C-]#[N+]c1cc2c3ccccc3n3c2c2c1C(C)(C)c1cccc4c1B2c1c-3cccc1C4(C)C. The smallest absolute Gasteiger partial charge is 0.246 e. The third-order valence-corrected chi connectivity index (χ3v) is 9.04. The fraction of sp³-hybridized carbons (Fsp3) is 0.194. The van der Waals surface area contributed by atoms with E-state index in [9.17, 15) is 0 Å². The molecule has 0 spiro atoms. The molecule has 4 aromatic carbocycles. The third kappa shape index (κ3) is 1.76. The number of nitrogens with zero attached hydrogens (tertiary/aromatic N) is 2. The van der Waals surface area contributed by atoms with E-state index in [4.69, 9.17) is 6.57 Å². The molecule has 0 bridgehead atoms. The Morgan fingerprint density at radius 3 is 2.18 bits per heavy atom. The molecule has 0 radical (unpaired) electrons. The summed E-state index contributed by atoms with van der Waals surface area (Å²) in [5.41, 5.74) is 14.0. The van der Waals surface area contributed by atoms with E-state index in [0.717, 1.165) is 5.69 Å². The number of rotatable bonds is 0. The van der Waals surface area contributed by atoms with Crippen molar-refractivity contribution in [3.8, 4) is 5.69 Å². The van der Waals surface area contributed by atoms with Crippen LogP contribution in [0.25, 0.3) is 32.3 Å². The topological polar surface area (TPSA) is 9.29 Å². The number of benzene rings is 4. The summed E-state index contributed by atoms with van der Waals surface area (Å²) in [6.45, 7) is 17.8. The molecule has 0 N–H and O–H groups in total. The Balaban J connectivity index is 1.75. The van der Waals surface area contributed by atoms with Gasteiger partial charge in [0.15, 0.2) is 5.69 Å². The van der Waals surface area contributed by atoms with Crippen molar-refractivity contribution in [2.24, 2.45) is 0 Å². The molecule has 0 atom stereocenters. The standard InChI is InChI=1S/C31H23BN2/c1-30(2)19-11-8-12-20-26(19)32-27-21(30)13-9-15-24(27)34-23-14-7-6-10-17(23)18-16-22(33-5)25(31(20,3)4)28(32)29(18)34/h6-16H,1-4H3. The molecule has 3 aliphatic heterocycles. The monoisotopic (exact) mass is 434 g/mol. The molecule has 160 valence electrons. The highest BCUT2D eigenvalue weighted by atomic mass is 15.0. The molecular weight excluding hydrogens is 411 g/mol. The quantitative estimate of drug-likeness (QED) is 0.222. The maximum atomic E-state index is 8.20. The minimum absolute atomic E-state index is 0.0856. The van der Waals surface area contributed by atoms with E-state index in [-0.39, 0.29) is 17.5 Å². The normalized spacial score (nSPS) is 17.2. The molecule has 4 heterocycles. The van der Waals surface area contributed by atoms with Gasteiger partial charge in [0.25, 0.3) is 0 Å². The summed E-state index contributed by atoms with van der Waals surface area (Å²) in [6, 6.07) is 24.6. The van der Waals surface area contributed by atoms with Gasteiger partial charge in [0.05, 0.1) is 12.1 Å². The maximum absolute atomic E-state index is 8.20. The highest BCUT2D eigenvalue weighted by molar-refractivity contribution is 7.00. The first-order chi connectivity index (χ1) is 16.4. The minimum Gasteiger partial charge on any atom is -0.310 e. The number of hydrogen-bond acceptors (Lipinski definition) is 0. The fourth-order valence-corrected chi connectivity index (χ4v) is 7.69. The van der Waals surface area contributed by atoms with Gasteiger partial charge in [-0.1, -0.05) is 87.2 Å². The maximum Gasteiger partial charge on any atom is 0.246 e. The van der Waals surface area contributed by atoms with Crippen LogP contribution in [-0.2, 0) is 10.8 Å². The minimum atomic E-state index is -0.244. The van der Waals surface area contributed by atoms with E-state index < -0.39 is 0 Å². The first kappa shape index (κ1) is 18.6. The first-order valence-corrected chi connectivity index (χ1v) is 12.1. The van der Waals surface area contributed by atoms with Crippen molar-refractivity contribution in [1.29, 1.82) is 0 Å². The molecule has 3 heteroatoms. The second-order valence-corrected chi connectivity index (χ2v) is 11.2. The molecule has 0 unspecified atom stereocenters. The highest BCUT2D eigenvalue weighted by Gasteiger charge is 2.52. The summed E-state index contributed by atoms with van der Waals surface area (Å²) in [6.07, 6.45) is 0. The Morgan fingerprint density at radius 1 is 0.735 bits per heavy atom. The van der Waals surface area contributed by atoms with Crippen LogP contribution >= 0.6 is 0 Å². The second kappa shape index (κ2) is 5.48. The summed E-state index contributed by atoms with van der Waals surface area (Å²) >= 11 is 0. The third-order valence-electron chi connectivity index (χ3n) is 9.04. The van der Waals surface area contributed by atoms with Gasteiger partial charge in [-0.25, -0.2) is 4.85 Å². The van der Waals surface area contributed by atoms with Gasteiger partial charge in [-0.15, -0.1) is 0 Å². The van der Waals surface area contributed by atoms with Crippen LogP contribution in [0.3, 0.4) is 0 Å². The molecule has 3 aliphatic rings. The van der Waals surface area contributed by atoms with Gasteiger partial charge in [0.2, 0.25) is 6.71 Å². The molecule has 0 fully saturated rings. The van der Waals surface area contributed by atoms with Crippen molar-refractivity contribution in [2.75, 3.05) is 0 Å². The second-order valence-electron chi connectivity index (χ2n) is 11.2. The Morgan fingerprint density at radius 2 is 1.41 bits per heavy atom. The Bertz CT molecular complexity index is 1830. The molecule has 0 saturated carbocycles. The lowest BCUT2D eigenvalue weighted by atomic mass is 9.26. The van der Waals surface area contributed by atoms with Crippen LogP contribution in [0.4, 0.5) is 5.69 Å². The summed E-state index contributed by atoms with van der Waals surface area (Å²) < 4.78 is 2.50. The number of fused-ring (bicyclic) bond motifs is 4. The number of aromatic nitrogens is 1. The number of hydrogen-bond donors (Lipinski definition) is 0. The lowest BCUT2D eigenvalue weighted by Gasteiger charge is -2.49. The Kier molecular flexibility index (Phi) is 3.00. The van der Waals surface area contributed by atoms with Gasteiger partial charge >= 0.3 is 0 Å². The van der Waals surface area contributed by atoms with E-state index in [1.165, 1.54) is 66.1 Å². The summed E-state index contributed by atoms with van der Waals surface area (Å²) in [7, 11) is 0. The molecular formula is C31H23BN2. The summed E-state index contributed by atoms with van der Waals surface area (Å²) in [5.74, 6) is 0. The predicted octanol–water partition coefficient (Wildman–Crippen LogP) is 5.44. The van der Waals surface area contributed by atoms with Crippen molar-refractivity contribution in [3.05, 3.63) is 100 Å². The van der Waals surface area contributed by atoms with Gasteiger partial charge in [0, 0.05) is 27.4 Å². The van der Waals surface area contributed by atoms with Crippen LogP contribution in [0.15, 0.2) is 66.7 Å². The highest BCUT2D eigenvalue weighted by Crippen LogP contribution is 2.48. The fourth-order valence-electron chi connectivity index (χ4n) is 7.69. The van der Waals surface area contributed by atoms with Gasteiger partial charge in [-0.3, -0.25) is 0 Å². The van der Waals surface area contributed by atoms with Gasteiger partial charge in [0.1, 0.15) is 0 Å². The Labute approximate surface area is 199 Å². The molecule has 2 nitrogen and oxygen atoms in total. The number of para-hydroxylation sites is 1. The summed E-state index contributed by atoms with van der Waals surface area (Å²) in [4.78, 5) is 4.14. The van der Waals surface area contributed by atoms with E-state index in [1.54, 1.807) is 0 Å². The van der Waals surface area contributed by atoms with E-state index >= 15 is 0 Å². The van der Waals surface area contributed by atoms with Crippen LogP contribution in [0, 0.1) is 6.57 Å². The predicted molar refractivity (Wildman–Crippen MR) is 142 cm³/mol. The van der Waals surface area contributed by atoms with Crippen LogP contribution in [0.1, 0.15) is 49.9 Å². The van der Waals surface area contributed by atoms with Crippen molar-refractivity contribution < 1.29 is 0 Å². The zero-order chi connectivity index (χ0) is 23.1. The largest absolute Gasteiger partial charge is 0.310 e. The molecule has 0 amide bonds. The first-order valence-electron chi connectivity index (χ1n) is 12.1. The van der Waals surface area contributed by atoms with Crippen LogP contribution in [0.2, 0.25) is 0 Å². The average molecular weight is 434 g/mol. The molecule has 0 saturated heterocycles. The zero-order valence-electron chi connectivity index (χ0n) is 19.8. The lowest BCUT2D eigenvalue weighted by Crippen LogP contribution is -2.68. The average Bonchev–Trinajstić information content (AvgIpc) is 3.17. The van der Waals surface area contributed by atoms with Crippen molar-refractivity contribution in [1.82, 2.24) is 4.57 Å². The van der Waals surface area contributed by atoms with Gasteiger partial charge in [-0.2, -0.15) is 0 Å². The van der Waals surface area contributed by atoms with Gasteiger partial charge in [-0.05, 0) is 51.3 Å². The lowest BCUT2D eigenvalue weighted by molar-refractivity contribution is 0.622. The molecule has 34 heavy (non-hydrogen) atoms. The van der Waals surface area contributed by atoms with E-state index in [1.807, 2.05) is 0 Å². The van der Waals surface area contributed by atoms with Crippen molar-refractivity contribution in [3.63, 3.8) is 0 Å². The molecule has 8 rings (SSSR count). The van der Waals surface area contributed by atoms with Crippen LogP contribution < -0.4 is 16.4 Å². The van der Waals surface area contributed by atoms with E-state index in [2.05, 4.69) is 104 Å².